The summed E-state index contributed by atoms with van der Waals surface area (Å²) >= 11 is 6.64. The van der Waals surface area contributed by atoms with Crippen LogP contribution in [-0.4, -0.2) is 46.9 Å². The van der Waals surface area contributed by atoms with Crippen LogP contribution in [0.5, 0.6) is 5.75 Å². The van der Waals surface area contributed by atoms with Crippen molar-refractivity contribution in [3.63, 3.8) is 0 Å². The number of aryl methyl sites for hydroxylation is 1. The summed E-state index contributed by atoms with van der Waals surface area (Å²) in [6, 6.07) is 10.8. The molecule has 36 heavy (non-hydrogen) atoms. The Morgan fingerprint density at radius 2 is 1.72 bits per heavy atom. The lowest BCUT2D eigenvalue weighted by molar-refractivity contribution is -0.185. The van der Waals surface area contributed by atoms with Gasteiger partial charge in [0.25, 0.3) is 0 Å². The molecule has 2 saturated heterocycles. The van der Waals surface area contributed by atoms with Gasteiger partial charge < -0.3 is 9.84 Å². The summed E-state index contributed by atoms with van der Waals surface area (Å²) in [6.45, 7) is 0.990. The maximum atomic E-state index is 12.9. The molecule has 0 aromatic heterocycles. The summed E-state index contributed by atoms with van der Waals surface area (Å²) in [5, 5.41) is 11.8. The second-order valence-electron chi connectivity index (χ2n) is 10.8. The van der Waals surface area contributed by atoms with Crippen molar-refractivity contribution in [2.24, 2.45) is 11.8 Å². The van der Waals surface area contributed by atoms with E-state index in [1.165, 1.54) is 5.56 Å². The molecule has 0 spiro atoms. The molecule has 5 rings (SSSR count). The molecule has 2 bridgehead atoms. The van der Waals surface area contributed by atoms with E-state index in [2.05, 4.69) is 17.0 Å². The Bertz CT molecular complexity index is 1090. The minimum Gasteiger partial charge on any atom is -0.489 e. The van der Waals surface area contributed by atoms with Gasteiger partial charge >= 0.3 is 12.1 Å². The number of alkyl halides is 3. The van der Waals surface area contributed by atoms with Crippen LogP contribution < -0.4 is 4.74 Å². The van der Waals surface area contributed by atoms with Crippen molar-refractivity contribution < 1.29 is 27.8 Å². The van der Waals surface area contributed by atoms with Crippen LogP contribution >= 0.6 is 11.6 Å². The Labute approximate surface area is 214 Å². The fourth-order valence-electron chi connectivity index (χ4n) is 6.56. The van der Waals surface area contributed by atoms with E-state index in [9.17, 15) is 23.1 Å². The summed E-state index contributed by atoms with van der Waals surface area (Å²) in [5.41, 5.74) is 1.23. The van der Waals surface area contributed by atoms with Crippen LogP contribution in [0.1, 0.15) is 63.4 Å². The molecule has 1 saturated carbocycles. The molecule has 2 aromatic rings. The quantitative estimate of drug-likeness (QED) is 0.415. The zero-order chi connectivity index (χ0) is 25.4. The molecule has 2 aliphatic heterocycles. The number of nitrogens with zero attached hydrogens (tertiary/aromatic N) is 1. The second-order valence-corrected chi connectivity index (χ2v) is 11.2. The molecule has 2 atom stereocenters. The van der Waals surface area contributed by atoms with E-state index >= 15 is 0 Å². The molecule has 1 aliphatic carbocycles. The SMILES string of the molecule is O=C(O)C1CC2CCC(C1)N2CCCc1ccc2c(Cl)c(O[C@H]3CC[C@@H](C(F)(F)F)CC3)ccc2c1. The van der Waals surface area contributed by atoms with Gasteiger partial charge in [0.2, 0.25) is 0 Å². The van der Waals surface area contributed by atoms with Gasteiger partial charge in [-0.05, 0) is 87.8 Å². The minimum absolute atomic E-state index is 0.0990. The van der Waals surface area contributed by atoms with Crippen LogP contribution in [0.25, 0.3) is 10.8 Å². The first-order valence-corrected chi connectivity index (χ1v) is 13.5. The average molecular weight is 524 g/mol. The molecule has 0 radical (unpaired) electrons. The number of hydrogen-bond donors (Lipinski definition) is 1. The van der Waals surface area contributed by atoms with Crippen molar-refractivity contribution in [3.8, 4) is 5.75 Å². The monoisotopic (exact) mass is 523 g/mol. The molecule has 3 aliphatic rings. The van der Waals surface area contributed by atoms with Crippen LogP contribution in [0.3, 0.4) is 0 Å². The summed E-state index contributed by atoms with van der Waals surface area (Å²) in [7, 11) is 0. The first-order chi connectivity index (χ1) is 17.2. The number of halogens is 4. The van der Waals surface area contributed by atoms with Gasteiger partial charge in [0, 0.05) is 17.5 Å². The number of ether oxygens (including phenoxy) is 1. The predicted octanol–water partition coefficient (Wildman–Crippen LogP) is 7.25. The molecule has 4 nitrogen and oxygen atoms in total. The topological polar surface area (TPSA) is 49.8 Å². The molecule has 8 heteroatoms. The van der Waals surface area contributed by atoms with E-state index in [4.69, 9.17) is 16.3 Å². The van der Waals surface area contributed by atoms with Crippen LogP contribution in [0.15, 0.2) is 30.3 Å². The minimum atomic E-state index is -4.12. The maximum Gasteiger partial charge on any atom is 0.391 e. The number of hydrogen-bond acceptors (Lipinski definition) is 3. The third-order valence-electron chi connectivity index (χ3n) is 8.53. The standard InChI is InChI=1S/C28H33ClF3NO3/c29-26-24-11-3-17(2-1-13-33-21-7-8-22(33)16-19(15-21)27(34)35)14-18(24)4-12-25(26)36-23-9-5-20(6-10-23)28(30,31)32/h3-4,11-12,14,19-23H,1-2,5-10,13,15-16H2,(H,34,35)/t19?,20-,21?,22?,23+. The summed E-state index contributed by atoms with van der Waals surface area (Å²) in [4.78, 5) is 13.9. The number of carboxylic acids is 1. The third kappa shape index (κ3) is 5.47. The highest BCUT2D eigenvalue weighted by molar-refractivity contribution is 6.37. The fourth-order valence-corrected chi connectivity index (χ4v) is 6.84. The van der Waals surface area contributed by atoms with Crippen molar-refractivity contribution in [1.29, 1.82) is 0 Å². The highest BCUT2D eigenvalue weighted by Gasteiger charge is 2.43. The lowest BCUT2D eigenvalue weighted by Gasteiger charge is -2.37. The molecule has 3 fully saturated rings. The van der Waals surface area contributed by atoms with Gasteiger partial charge in [-0.1, -0.05) is 35.9 Å². The van der Waals surface area contributed by atoms with Gasteiger partial charge in [-0.25, -0.2) is 0 Å². The molecular weight excluding hydrogens is 491 g/mol. The number of fused-ring (bicyclic) bond motifs is 3. The zero-order valence-electron chi connectivity index (χ0n) is 20.3. The Hall–Kier alpha value is -1.99. The van der Waals surface area contributed by atoms with E-state index in [0.29, 0.717) is 35.7 Å². The van der Waals surface area contributed by atoms with Crippen molar-refractivity contribution in [3.05, 3.63) is 40.9 Å². The average Bonchev–Trinajstić information content (AvgIpc) is 3.07. The lowest BCUT2D eigenvalue weighted by atomic mass is 9.87. The summed E-state index contributed by atoms with van der Waals surface area (Å²) < 4.78 is 44.8. The van der Waals surface area contributed by atoms with Gasteiger partial charge in [-0.15, -0.1) is 0 Å². The smallest absolute Gasteiger partial charge is 0.391 e. The number of aliphatic carboxylic acids is 1. The summed E-state index contributed by atoms with van der Waals surface area (Å²) in [6.07, 6.45) is 2.31. The largest absolute Gasteiger partial charge is 0.489 e. The second kappa shape index (κ2) is 10.4. The maximum absolute atomic E-state index is 12.9. The first kappa shape index (κ1) is 25.7. The van der Waals surface area contributed by atoms with Gasteiger partial charge in [-0.2, -0.15) is 13.2 Å². The van der Waals surface area contributed by atoms with E-state index < -0.39 is 18.1 Å². The van der Waals surface area contributed by atoms with E-state index in [1.807, 2.05) is 18.2 Å². The Balaban J connectivity index is 1.16. The molecule has 2 aromatic carbocycles. The lowest BCUT2D eigenvalue weighted by Crippen LogP contribution is -2.45. The van der Waals surface area contributed by atoms with Crippen LogP contribution in [0, 0.1) is 11.8 Å². The summed E-state index contributed by atoms with van der Waals surface area (Å²) in [5.74, 6) is -1.53. The van der Waals surface area contributed by atoms with E-state index in [-0.39, 0.29) is 24.9 Å². The van der Waals surface area contributed by atoms with Crippen molar-refractivity contribution in [2.75, 3.05) is 6.54 Å². The van der Waals surface area contributed by atoms with E-state index in [0.717, 1.165) is 55.8 Å². The molecule has 0 amide bonds. The Morgan fingerprint density at radius 1 is 1.03 bits per heavy atom. The number of benzene rings is 2. The van der Waals surface area contributed by atoms with E-state index in [1.54, 1.807) is 0 Å². The Kier molecular flexibility index (Phi) is 7.42. The van der Waals surface area contributed by atoms with Gasteiger partial charge in [-0.3, -0.25) is 9.69 Å². The van der Waals surface area contributed by atoms with Crippen molar-refractivity contribution >= 4 is 28.3 Å². The van der Waals surface area contributed by atoms with Crippen LogP contribution in [0.4, 0.5) is 13.2 Å². The first-order valence-electron chi connectivity index (χ1n) is 13.1. The zero-order valence-corrected chi connectivity index (χ0v) is 21.0. The number of piperidine rings is 1. The third-order valence-corrected chi connectivity index (χ3v) is 8.92. The molecular formula is C28H33ClF3NO3. The van der Waals surface area contributed by atoms with Gasteiger partial charge in [0.15, 0.2) is 0 Å². The molecule has 196 valence electrons. The number of rotatable bonds is 7. The van der Waals surface area contributed by atoms with Gasteiger partial charge in [0.1, 0.15) is 5.75 Å². The number of carbonyl (C=O) groups is 1. The molecule has 2 unspecified atom stereocenters. The Morgan fingerprint density at radius 3 is 2.36 bits per heavy atom. The van der Waals surface area contributed by atoms with Crippen LogP contribution in [0.2, 0.25) is 5.02 Å². The predicted molar refractivity (Wildman–Crippen MR) is 134 cm³/mol. The molecule has 2 heterocycles. The fraction of sp³-hybridized carbons (Fsp3) is 0.607. The van der Waals surface area contributed by atoms with Crippen molar-refractivity contribution in [1.82, 2.24) is 4.90 Å². The highest BCUT2D eigenvalue weighted by atomic mass is 35.5. The normalized spacial score (nSPS) is 28.9. The van der Waals surface area contributed by atoms with Crippen LogP contribution in [-0.2, 0) is 11.2 Å². The highest BCUT2D eigenvalue weighted by Crippen LogP contribution is 2.41. The molecule has 1 N–H and O–H groups in total. The number of carboxylic acid groups (broad SMARTS) is 1. The van der Waals surface area contributed by atoms with Gasteiger partial charge in [0.05, 0.1) is 23.0 Å². The van der Waals surface area contributed by atoms with Crippen molar-refractivity contribution in [2.45, 2.75) is 88.6 Å².